The average Bonchev–Trinajstić information content (AvgIpc) is 3.63. The number of hydrogen-bond acceptors (Lipinski definition) is 7. The van der Waals surface area contributed by atoms with Gasteiger partial charge in [-0.15, -0.1) is 0 Å². The van der Waals surface area contributed by atoms with Gasteiger partial charge in [0.1, 0.15) is 18.5 Å². The molecule has 6 heterocycles. The van der Waals surface area contributed by atoms with E-state index in [4.69, 9.17) is 14.7 Å². The Morgan fingerprint density at radius 2 is 1.93 bits per heavy atom. The standard InChI is InChI=1S/C32H36F3N5O2/c33-20-14-32(7-1-8-40(32)15-20)17-42-31-37-26-16-39(27-13-23(41)12-18-2-5-25(34)29(35)28(18)27)9-6-24(26)30(38-31)19-10-21-3-4-22(11-19)36-21/h2,5,12-13,19-22,36,41H,1,3-4,6-11,14-17H2/t19-,20?,21+,22-,32-/m0/s1. The van der Waals surface area contributed by atoms with E-state index in [1.54, 1.807) is 0 Å². The van der Waals surface area contributed by atoms with Crippen molar-refractivity contribution in [2.75, 3.05) is 31.1 Å². The number of aromatic hydroxyl groups is 1. The van der Waals surface area contributed by atoms with Crippen molar-refractivity contribution in [1.29, 1.82) is 0 Å². The third-order valence-electron chi connectivity index (χ3n) is 10.5. The van der Waals surface area contributed by atoms with E-state index >= 15 is 4.39 Å². The number of nitrogens with zero attached hydrogens (tertiary/aromatic N) is 4. The predicted octanol–water partition coefficient (Wildman–Crippen LogP) is 5.13. The number of halogens is 3. The van der Waals surface area contributed by atoms with E-state index in [-0.39, 0.29) is 16.7 Å². The summed E-state index contributed by atoms with van der Waals surface area (Å²) in [6.45, 7) is 2.63. The zero-order chi connectivity index (χ0) is 28.6. The van der Waals surface area contributed by atoms with Gasteiger partial charge in [0.2, 0.25) is 0 Å². The SMILES string of the molecule is Oc1cc(N2CCc3c(nc(OC[C@@]45CCCN4CC(F)C5)nc3[C@H]3C[C@H]4CC[C@@H](C3)N4)C2)c2c(F)c(F)ccc2c1. The van der Waals surface area contributed by atoms with Gasteiger partial charge in [0, 0.05) is 49.0 Å². The van der Waals surface area contributed by atoms with Crippen LogP contribution in [0.3, 0.4) is 0 Å². The summed E-state index contributed by atoms with van der Waals surface area (Å²) < 4.78 is 50.2. The second kappa shape index (κ2) is 9.98. The van der Waals surface area contributed by atoms with Gasteiger partial charge in [-0.3, -0.25) is 4.90 Å². The molecule has 0 spiro atoms. The maximum Gasteiger partial charge on any atom is 0.316 e. The van der Waals surface area contributed by atoms with Crippen LogP contribution in [0.4, 0.5) is 18.9 Å². The number of benzene rings is 2. The van der Waals surface area contributed by atoms with E-state index in [1.807, 2.05) is 4.90 Å². The van der Waals surface area contributed by atoms with E-state index in [1.165, 1.54) is 31.0 Å². The molecule has 0 saturated carbocycles. The summed E-state index contributed by atoms with van der Waals surface area (Å²) in [5.41, 5.74) is 3.11. The summed E-state index contributed by atoms with van der Waals surface area (Å²) >= 11 is 0. The lowest BCUT2D eigenvalue weighted by Crippen LogP contribution is -2.43. The fourth-order valence-electron chi connectivity index (χ4n) is 8.58. The van der Waals surface area contributed by atoms with Gasteiger partial charge in [-0.1, -0.05) is 6.07 Å². The normalized spacial score (nSPS) is 30.6. The maximum absolute atomic E-state index is 15.1. The molecule has 1 unspecified atom stereocenters. The number of phenols is 1. The quantitative estimate of drug-likeness (QED) is 0.434. The number of ether oxygens (including phenoxy) is 1. The highest BCUT2D eigenvalue weighted by Gasteiger charge is 2.49. The number of fused-ring (bicyclic) bond motifs is 5. The molecule has 1 aromatic heterocycles. The van der Waals surface area contributed by atoms with Gasteiger partial charge in [0.25, 0.3) is 0 Å². The maximum atomic E-state index is 15.1. The monoisotopic (exact) mass is 579 g/mol. The molecule has 2 bridgehead atoms. The van der Waals surface area contributed by atoms with Gasteiger partial charge in [0.15, 0.2) is 11.6 Å². The minimum Gasteiger partial charge on any atom is -0.508 e. The van der Waals surface area contributed by atoms with E-state index in [0.29, 0.717) is 74.2 Å². The van der Waals surface area contributed by atoms with E-state index in [9.17, 15) is 13.9 Å². The van der Waals surface area contributed by atoms with Crippen LogP contribution in [-0.2, 0) is 13.0 Å². The Morgan fingerprint density at radius 3 is 2.76 bits per heavy atom. The van der Waals surface area contributed by atoms with Gasteiger partial charge >= 0.3 is 6.01 Å². The van der Waals surface area contributed by atoms with Crippen molar-refractivity contribution in [2.24, 2.45) is 0 Å². The van der Waals surface area contributed by atoms with Gasteiger partial charge in [0.05, 0.1) is 29.2 Å². The van der Waals surface area contributed by atoms with E-state index in [2.05, 4.69) is 10.2 Å². The second-order valence-corrected chi connectivity index (χ2v) is 13.1. The highest BCUT2D eigenvalue weighted by molar-refractivity contribution is 5.96. The molecular weight excluding hydrogens is 543 g/mol. The Morgan fingerprint density at radius 1 is 1.10 bits per heavy atom. The molecule has 42 heavy (non-hydrogen) atoms. The van der Waals surface area contributed by atoms with Crippen molar-refractivity contribution >= 4 is 16.5 Å². The molecular formula is C32H36F3N5O2. The molecule has 2 aromatic carbocycles. The lowest BCUT2D eigenvalue weighted by atomic mass is 9.85. The second-order valence-electron chi connectivity index (χ2n) is 13.1. The highest BCUT2D eigenvalue weighted by Crippen LogP contribution is 2.43. The molecule has 5 atom stereocenters. The number of hydrogen-bond donors (Lipinski definition) is 2. The zero-order valence-electron chi connectivity index (χ0n) is 23.6. The largest absolute Gasteiger partial charge is 0.508 e. The highest BCUT2D eigenvalue weighted by atomic mass is 19.2. The van der Waals surface area contributed by atoms with E-state index < -0.39 is 17.8 Å². The molecule has 0 amide bonds. The summed E-state index contributed by atoms with van der Waals surface area (Å²) in [4.78, 5) is 14.1. The first-order valence-corrected chi connectivity index (χ1v) is 15.4. The van der Waals surface area contributed by atoms with Crippen LogP contribution in [-0.4, -0.2) is 70.0 Å². The topological polar surface area (TPSA) is 73.8 Å². The van der Waals surface area contributed by atoms with Crippen molar-refractivity contribution in [3.63, 3.8) is 0 Å². The van der Waals surface area contributed by atoms with Crippen LogP contribution in [0.2, 0.25) is 0 Å². The number of phenolic OH excluding ortho intramolecular Hbond substituents is 1. The molecule has 0 aliphatic carbocycles. The molecule has 2 N–H and O–H groups in total. The minimum atomic E-state index is -0.922. The third-order valence-corrected chi connectivity index (χ3v) is 10.5. The van der Waals surface area contributed by atoms with Crippen molar-refractivity contribution in [3.8, 4) is 11.8 Å². The zero-order valence-corrected chi connectivity index (χ0v) is 23.6. The van der Waals surface area contributed by atoms with Crippen molar-refractivity contribution in [1.82, 2.24) is 20.2 Å². The minimum absolute atomic E-state index is 0.00464. The number of rotatable bonds is 5. The number of alkyl halides is 1. The predicted molar refractivity (Wildman–Crippen MR) is 153 cm³/mol. The molecule has 3 aromatic rings. The summed E-state index contributed by atoms with van der Waals surface area (Å²) in [7, 11) is 0. The molecule has 222 valence electrons. The number of nitrogens with one attached hydrogen (secondary N) is 1. The van der Waals surface area contributed by atoms with Gasteiger partial charge in [-0.05, 0) is 74.6 Å². The lowest BCUT2D eigenvalue weighted by molar-refractivity contribution is 0.106. The van der Waals surface area contributed by atoms with Crippen molar-refractivity contribution < 1.29 is 23.0 Å². The van der Waals surface area contributed by atoms with Crippen LogP contribution in [0.25, 0.3) is 10.8 Å². The average molecular weight is 580 g/mol. The lowest BCUT2D eigenvalue weighted by Gasteiger charge is -2.35. The molecule has 7 nitrogen and oxygen atoms in total. The van der Waals surface area contributed by atoms with E-state index in [0.717, 1.165) is 55.2 Å². The Kier molecular flexibility index (Phi) is 6.30. The number of aromatic nitrogens is 2. The smallest absolute Gasteiger partial charge is 0.316 e. The molecule has 0 radical (unpaired) electrons. The fraction of sp³-hybridized carbons (Fsp3) is 0.562. The van der Waals surface area contributed by atoms with Gasteiger partial charge < -0.3 is 20.1 Å². The number of anilines is 1. The van der Waals surface area contributed by atoms with Crippen LogP contribution < -0.4 is 15.0 Å². The van der Waals surface area contributed by atoms with Crippen molar-refractivity contribution in [3.05, 3.63) is 52.9 Å². The van der Waals surface area contributed by atoms with Crippen molar-refractivity contribution in [2.45, 2.75) is 87.6 Å². The summed E-state index contributed by atoms with van der Waals surface area (Å²) in [5, 5.41) is 14.8. The van der Waals surface area contributed by atoms with Crippen LogP contribution in [0.5, 0.6) is 11.8 Å². The fourth-order valence-corrected chi connectivity index (χ4v) is 8.58. The Bertz CT molecular complexity index is 1540. The third kappa shape index (κ3) is 4.40. The summed E-state index contributed by atoms with van der Waals surface area (Å²) in [6, 6.07) is 6.83. The Hall–Kier alpha value is -3.11. The molecule has 4 fully saturated rings. The summed E-state index contributed by atoms with van der Waals surface area (Å²) in [5.74, 6) is -1.55. The molecule has 5 aliphatic rings. The molecule has 10 heteroatoms. The van der Waals surface area contributed by atoms with Crippen LogP contribution in [0, 0.1) is 11.6 Å². The van der Waals surface area contributed by atoms with Gasteiger partial charge in [-0.2, -0.15) is 9.97 Å². The van der Waals surface area contributed by atoms with Gasteiger partial charge in [-0.25, -0.2) is 13.2 Å². The number of piperidine rings is 1. The van der Waals surface area contributed by atoms with Crippen LogP contribution >= 0.6 is 0 Å². The first-order chi connectivity index (χ1) is 20.3. The molecule has 8 rings (SSSR count). The van der Waals surface area contributed by atoms with Crippen LogP contribution in [0.1, 0.15) is 67.8 Å². The van der Waals surface area contributed by atoms with Crippen LogP contribution in [0.15, 0.2) is 24.3 Å². The Balaban J connectivity index is 1.16. The first-order valence-electron chi connectivity index (χ1n) is 15.4. The first kappa shape index (κ1) is 26.5. The molecule has 4 saturated heterocycles. The molecule has 5 aliphatic heterocycles. The summed E-state index contributed by atoms with van der Waals surface area (Å²) in [6.07, 6.45) is 6.63. The Labute approximate surface area is 243 Å².